The van der Waals surface area contributed by atoms with Crippen molar-refractivity contribution in [3.8, 4) is 5.69 Å². The Balaban J connectivity index is 1.80. The third-order valence-corrected chi connectivity index (χ3v) is 5.98. The summed E-state index contributed by atoms with van der Waals surface area (Å²) in [5.74, 6) is -1.37. The molecule has 0 unspecified atom stereocenters. The molecular formula is C26H24ClN3O3. The summed E-state index contributed by atoms with van der Waals surface area (Å²) >= 11 is 6.22. The quantitative estimate of drug-likeness (QED) is 0.422. The van der Waals surface area contributed by atoms with Crippen LogP contribution < -0.4 is 10.2 Å². The first-order valence-corrected chi connectivity index (χ1v) is 10.9. The molecule has 0 saturated carbocycles. The molecule has 1 fully saturated rings. The SMILES string of the molecule is Cc1cc(C)cc(N2C(=O)NC(=O)/C(=C\c3cc(C)n(-c4cc(Cl)ccc4C)c3C)C2=O)c1. The molecule has 1 N–H and O–H groups in total. The maximum atomic E-state index is 13.3. The molecule has 1 saturated heterocycles. The number of halogens is 1. The van der Waals surface area contributed by atoms with Crippen molar-refractivity contribution in [2.75, 3.05) is 4.90 Å². The monoisotopic (exact) mass is 461 g/mol. The van der Waals surface area contributed by atoms with Gasteiger partial charge in [-0.2, -0.15) is 0 Å². The van der Waals surface area contributed by atoms with E-state index in [1.807, 2.05) is 69.5 Å². The predicted octanol–water partition coefficient (Wildman–Crippen LogP) is 5.34. The number of amides is 4. The molecule has 0 spiro atoms. The lowest BCUT2D eigenvalue weighted by Gasteiger charge is -2.27. The van der Waals surface area contributed by atoms with Crippen LogP contribution in [0, 0.1) is 34.6 Å². The van der Waals surface area contributed by atoms with Crippen LogP contribution in [0.25, 0.3) is 11.8 Å². The summed E-state index contributed by atoms with van der Waals surface area (Å²) < 4.78 is 2.03. The molecule has 6 nitrogen and oxygen atoms in total. The number of rotatable bonds is 3. The van der Waals surface area contributed by atoms with E-state index in [0.717, 1.165) is 38.7 Å². The van der Waals surface area contributed by atoms with Crippen molar-refractivity contribution in [1.82, 2.24) is 9.88 Å². The highest BCUT2D eigenvalue weighted by atomic mass is 35.5. The van der Waals surface area contributed by atoms with Gasteiger partial charge in [0.2, 0.25) is 0 Å². The molecule has 7 heteroatoms. The Morgan fingerprint density at radius 1 is 0.879 bits per heavy atom. The van der Waals surface area contributed by atoms with Gasteiger partial charge in [0.05, 0.1) is 5.69 Å². The average Bonchev–Trinajstić information content (AvgIpc) is 2.99. The number of hydrogen-bond acceptors (Lipinski definition) is 3. The van der Waals surface area contributed by atoms with E-state index in [2.05, 4.69) is 5.32 Å². The second-order valence-corrected chi connectivity index (χ2v) is 8.83. The summed E-state index contributed by atoms with van der Waals surface area (Å²) in [7, 11) is 0. The summed E-state index contributed by atoms with van der Waals surface area (Å²) in [5.41, 5.74) is 6.59. The number of carbonyl (C=O) groups excluding carboxylic acids is 3. The molecule has 0 bridgehead atoms. The van der Waals surface area contributed by atoms with Crippen LogP contribution in [0.15, 0.2) is 48.0 Å². The summed E-state index contributed by atoms with van der Waals surface area (Å²) in [4.78, 5) is 39.5. The van der Waals surface area contributed by atoms with Gasteiger partial charge >= 0.3 is 6.03 Å². The third-order valence-electron chi connectivity index (χ3n) is 5.75. The van der Waals surface area contributed by atoms with Gasteiger partial charge in [-0.1, -0.05) is 23.7 Å². The van der Waals surface area contributed by atoms with Crippen LogP contribution in [0.4, 0.5) is 10.5 Å². The number of aryl methyl sites for hydroxylation is 4. The van der Waals surface area contributed by atoms with E-state index >= 15 is 0 Å². The fraction of sp³-hybridized carbons (Fsp3) is 0.192. The molecule has 168 valence electrons. The predicted molar refractivity (Wildman–Crippen MR) is 130 cm³/mol. The molecule has 1 aliphatic heterocycles. The second kappa shape index (κ2) is 8.37. The number of barbiturate groups is 1. The van der Waals surface area contributed by atoms with Gasteiger partial charge in [-0.3, -0.25) is 14.9 Å². The molecule has 2 aromatic carbocycles. The third kappa shape index (κ3) is 4.10. The molecule has 0 aliphatic carbocycles. The maximum Gasteiger partial charge on any atom is 0.335 e. The summed E-state index contributed by atoms with van der Waals surface area (Å²) in [6.07, 6.45) is 1.54. The van der Waals surface area contributed by atoms with Crippen LogP contribution >= 0.6 is 11.6 Å². The first kappa shape index (κ1) is 22.6. The van der Waals surface area contributed by atoms with Crippen LogP contribution in [0.3, 0.4) is 0 Å². The molecular weight excluding hydrogens is 438 g/mol. The van der Waals surface area contributed by atoms with Crippen LogP contribution in [-0.4, -0.2) is 22.4 Å². The first-order valence-electron chi connectivity index (χ1n) is 10.5. The van der Waals surface area contributed by atoms with Crippen molar-refractivity contribution in [2.24, 2.45) is 0 Å². The van der Waals surface area contributed by atoms with Gasteiger partial charge < -0.3 is 4.57 Å². The topological polar surface area (TPSA) is 71.4 Å². The lowest BCUT2D eigenvalue weighted by Crippen LogP contribution is -2.54. The van der Waals surface area contributed by atoms with E-state index in [1.54, 1.807) is 18.2 Å². The van der Waals surface area contributed by atoms with Crippen LogP contribution in [0.5, 0.6) is 0 Å². The molecule has 0 atom stereocenters. The molecule has 3 aromatic rings. The Labute approximate surface area is 197 Å². The van der Waals surface area contributed by atoms with Gasteiger partial charge in [0.25, 0.3) is 11.8 Å². The molecule has 1 aliphatic rings. The van der Waals surface area contributed by atoms with Crippen molar-refractivity contribution < 1.29 is 14.4 Å². The zero-order chi connectivity index (χ0) is 24.0. The van der Waals surface area contributed by atoms with Crippen LogP contribution in [-0.2, 0) is 9.59 Å². The summed E-state index contributed by atoms with van der Waals surface area (Å²) in [5, 5.41) is 2.91. The standard InChI is InChI=1S/C26H24ClN3O3/c1-14-8-15(2)10-21(9-14)30-25(32)22(24(31)28-26(30)33)12-19-11-17(4)29(18(19)5)23-13-20(27)7-6-16(23)3/h6-13H,1-5H3,(H,28,31,33)/b22-12+. The fourth-order valence-corrected chi connectivity index (χ4v) is 4.42. The number of nitrogens with one attached hydrogen (secondary N) is 1. The number of carbonyl (C=O) groups is 3. The average molecular weight is 462 g/mol. The Hall–Kier alpha value is -3.64. The van der Waals surface area contributed by atoms with Crippen molar-refractivity contribution in [3.05, 3.63) is 86.7 Å². The number of benzene rings is 2. The van der Waals surface area contributed by atoms with Gasteiger partial charge in [0, 0.05) is 22.1 Å². The zero-order valence-corrected chi connectivity index (χ0v) is 19.9. The minimum absolute atomic E-state index is 0.100. The van der Waals surface area contributed by atoms with Gasteiger partial charge in [-0.25, -0.2) is 9.69 Å². The van der Waals surface area contributed by atoms with Crippen molar-refractivity contribution >= 4 is 41.2 Å². The number of anilines is 1. The Bertz CT molecular complexity index is 1350. The Kier molecular flexibility index (Phi) is 5.72. The largest absolute Gasteiger partial charge is 0.335 e. The number of imide groups is 2. The van der Waals surface area contributed by atoms with E-state index < -0.39 is 17.8 Å². The minimum atomic E-state index is -0.757. The number of nitrogens with zero attached hydrogens (tertiary/aromatic N) is 2. The van der Waals surface area contributed by atoms with Crippen molar-refractivity contribution in [3.63, 3.8) is 0 Å². The lowest BCUT2D eigenvalue weighted by atomic mass is 10.1. The van der Waals surface area contributed by atoms with E-state index in [-0.39, 0.29) is 5.57 Å². The fourth-order valence-electron chi connectivity index (χ4n) is 4.26. The van der Waals surface area contributed by atoms with Crippen LogP contribution in [0.2, 0.25) is 5.02 Å². The van der Waals surface area contributed by atoms with Gasteiger partial charge in [-0.05, 0) is 93.3 Å². The number of urea groups is 1. The Morgan fingerprint density at radius 2 is 1.55 bits per heavy atom. The highest BCUT2D eigenvalue weighted by Gasteiger charge is 2.37. The smallest absolute Gasteiger partial charge is 0.318 e. The molecule has 33 heavy (non-hydrogen) atoms. The van der Waals surface area contributed by atoms with Gasteiger partial charge in [0.1, 0.15) is 5.57 Å². The number of aromatic nitrogens is 1. The highest BCUT2D eigenvalue weighted by molar-refractivity contribution is 6.39. The van der Waals surface area contributed by atoms with E-state index in [4.69, 9.17) is 11.6 Å². The molecule has 2 heterocycles. The lowest BCUT2D eigenvalue weighted by molar-refractivity contribution is -0.122. The normalized spacial score (nSPS) is 15.4. The van der Waals surface area contributed by atoms with Crippen molar-refractivity contribution in [1.29, 1.82) is 0 Å². The van der Waals surface area contributed by atoms with Gasteiger partial charge in [0.15, 0.2) is 0 Å². The summed E-state index contributed by atoms with van der Waals surface area (Å²) in [6.45, 7) is 9.63. The van der Waals surface area contributed by atoms with E-state index in [1.165, 1.54) is 0 Å². The van der Waals surface area contributed by atoms with E-state index in [0.29, 0.717) is 16.3 Å². The molecule has 0 radical (unpaired) electrons. The molecule has 4 rings (SSSR count). The number of hydrogen-bond donors (Lipinski definition) is 1. The van der Waals surface area contributed by atoms with Crippen molar-refractivity contribution in [2.45, 2.75) is 34.6 Å². The summed E-state index contributed by atoms with van der Waals surface area (Å²) in [6, 6.07) is 12.2. The highest BCUT2D eigenvalue weighted by Crippen LogP contribution is 2.29. The second-order valence-electron chi connectivity index (χ2n) is 8.40. The van der Waals surface area contributed by atoms with Gasteiger partial charge in [-0.15, -0.1) is 0 Å². The van der Waals surface area contributed by atoms with Crippen LogP contribution in [0.1, 0.15) is 33.6 Å². The Morgan fingerprint density at radius 3 is 2.21 bits per heavy atom. The first-order chi connectivity index (χ1) is 15.6. The zero-order valence-electron chi connectivity index (χ0n) is 19.1. The minimum Gasteiger partial charge on any atom is -0.318 e. The van der Waals surface area contributed by atoms with E-state index in [9.17, 15) is 14.4 Å². The maximum absolute atomic E-state index is 13.3. The molecule has 1 aromatic heterocycles. The molecule has 4 amide bonds.